The minimum atomic E-state index is -0.337. The summed E-state index contributed by atoms with van der Waals surface area (Å²) in [5.74, 6) is -0.407. The Morgan fingerprint density at radius 2 is 2.10 bits per heavy atom. The Kier molecular flexibility index (Phi) is 5.28. The standard InChI is InChI=1S/C16H21NO3S/c1-4-20-15(18)10-17(12-6-7-12)16(19)14-9-13(21-3)8-5-11(14)2/h5,8-9,12H,4,6-7,10H2,1-3H3. The Morgan fingerprint density at radius 1 is 1.38 bits per heavy atom. The summed E-state index contributed by atoms with van der Waals surface area (Å²) in [6.07, 6.45) is 3.91. The summed E-state index contributed by atoms with van der Waals surface area (Å²) in [5.41, 5.74) is 1.62. The molecule has 1 aromatic rings. The van der Waals surface area contributed by atoms with E-state index in [0.717, 1.165) is 23.3 Å². The fraction of sp³-hybridized carbons (Fsp3) is 0.500. The van der Waals surface area contributed by atoms with E-state index in [0.29, 0.717) is 12.2 Å². The summed E-state index contributed by atoms with van der Waals surface area (Å²) in [5, 5.41) is 0. The van der Waals surface area contributed by atoms with Crippen LogP contribution < -0.4 is 0 Å². The summed E-state index contributed by atoms with van der Waals surface area (Å²) in [4.78, 5) is 27.2. The van der Waals surface area contributed by atoms with Crippen molar-refractivity contribution in [1.82, 2.24) is 4.90 Å². The molecule has 0 N–H and O–H groups in total. The number of aryl methyl sites for hydroxylation is 1. The van der Waals surface area contributed by atoms with Crippen molar-refractivity contribution in [2.24, 2.45) is 0 Å². The number of carbonyl (C=O) groups is 2. The van der Waals surface area contributed by atoms with Crippen molar-refractivity contribution in [3.8, 4) is 0 Å². The van der Waals surface area contributed by atoms with Crippen LogP contribution in [0.25, 0.3) is 0 Å². The van der Waals surface area contributed by atoms with Crippen LogP contribution in [0.15, 0.2) is 23.1 Å². The monoisotopic (exact) mass is 307 g/mol. The minimum absolute atomic E-state index is 0.0419. The fourth-order valence-corrected chi connectivity index (χ4v) is 2.65. The van der Waals surface area contributed by atoms with Gasteiger partial charge in [0.15, 0.2) is 0 Å². The highest BCUT2D eigenvalue weighted by molar-refractivity contribution is 7.98. The van der Waals surface area contributed by atoms with Crippen LogP contribution in [0.3, 0.4) is 0 Å². The minimum Gasteiger partial charge on any atom is -0.465 e. The zero-order valence-electron chi connectivity index (χ0n) is 12.7. The van der Waals surface area contributed by atoms with Gasteiger partial charge in [-0.2, -0.15) is 0 Å². The van der Waals surface area contributed by atoms with Crippen LogP contribution in [0.5, 0.6) is 0 Å². The van der Waals surface area contributed by atoms with Crippen molar-refractivity contribution in [2.75, 3.05) is 19.4 Å². The van der Waals surface area contributed by atoms with Gasteiger partial charge >= 0.3 is 5.97 Å². The predicted molar refractivity (Wildman–Crippen MR) is 83.7 cm³/mol. The number of benzene rings is 1. The lowest BCUT2D eigenvalue weighted by Crippen LogP contribution is -2.38. The van der Waals surface area contributed by atoms with E-state index in [1.807, 2.05) is 31.4 Å². The summed E-state index contributed by atoms with van der Waals surface area (Å²) in [7, 11) is 0. The molecular weight excluding hydrogens is 286 g/mol. The Balaban J connectivity index is 2.20. The van der Waals surface area contributed by atoms with Gasteiger partial charge in [-0.3, -0.25) is 9.59 Å². The first-order chi connectivity index (χ1) is 10.1. The van der Waals surface area contributed by atoms with Crippen molar-refractivity contribution >= 4 is 23.6 Å². The zero-order valence-corrected chi connectivity index (χ0v) is 13.5. The van der Waals surface area contributed by atoms with Crippen molar-refractivity contribution in [2.45, 2.75) is 37.6 Å². The maximum atomic E-state index is 12.8. The van der Waals surface area contributed by atoms with E-state index in [1.54, 1.807) is 23.6 Å². The van der Waals surface area contributed by atoms with Gasteiger partial charge in [-0.1, -0.05) is 6.07 Å². The molecule has 0 bridgehead atoms. The van der Waals surface area contributed by atoms with Crippen LogP contribution in [-0.2, 0) is 9.53 Å². The topological polar surface area (TPSA) is 46.6 Å². The van der Waals surface area contributed by atoms with E-state index in [4.69, 9.17) is 4.74 Å². The number of thioether (sulfide) groups is 1. The number of amides is 1. The van der Waals surface area contributed by atoms with E-state index in [9.17, 15) is 9.59 Å². The van der Waals surface area contributed by atoms with Gasteiger partial charge in [0.1, 0.15) is 6.54 Å². The van der Waals surface area contributed by atoms with Crippen LogP contribution >= 0.6 is 11.8 Å². The lowest BCUT2D eigenvalue weighted by Gasteiger charge is -2.22. The van der Waals surface area contributed by atoms with Crippen molar-refractivity contribution in [1.29, 1.82) is 0 Å². The van der Waals surface area contributed by atoms with Gasteiger partial charge in [0.25, 0.3) is 5.91 Å². The van der Waals surface area contributed by atoms with Crippen molar-refractivity contribution < 1.29 is 14.3 Å². The van der Waals surface area contributed by atoms with Crippen molar-refractivity contribution in [3.05, 3.63) is 29.3 Å². The molecule has 1 fully saturated rings. The average molecular weight is 307 g/mol. The predicted octanol–water partition coefficient (Wildman–Crippen LogP) is 2.88. The molecular formula is C16H21NO3S. The first-order valence-electron chi connectivity index (χ1n) is 7.18. The first kappa shape index (κ1) is 15.9. The smallest absolute Gasteiger partial charge is 0.325 e. The number of nitrogens with zero attached hydrogens (tertiary/aromatic N) is 1. The number of rotatable bonds is 6. The van der Waals surface area contributed by atoms with Crippen LogP contribution in [0, 0.1) is 6.92 Å². The lowest BCUT2D eigenvalue weighted by molar-refractivity contribution is -0.144. The maximum Gasteiger partial charge on any atom is 0.325 e. The molecule has 0 atom stereocenters. The quantitative estimate of drug-likeness (QED) is 0.599. The molecule has 0 aromatic heterocycles. The maximum absolute atomic E-state index is 12.8. The van der Waals surface area contributed by atoms with E-state index in [-0.39, 0.29) is 24.5 Å². The molecule has 1 aliphatic rings. The molecule has 1 amide bonds. The van der Waals surface area contributed by atoms with Gasteiger partial charge in [0, 0.05) is 16.5 Å². The Morgan fingerprint density at radius 3 is 2.67 bits per heavy atom. The highest BCUT2D eigenvalue weighted by Crippen LogP contribution is 2.29. The largest absolute Gasteiger partial charge is 0.465 e. The Hall–Kier alpha value is -1.49. The number of hydrogen-bond donors (Lipinski definition) is 0. The third-order valence-electron chi connectivity index (χ3n) is 3.53. The van der Waals surface area contributed by atoms with Gasteiger partial charge in [0.05, 0.1) is 6.61 Å². The summed E-state index contributed by atoms with van der Waals surface area (Å²) in [6.45, 7) is 4.08. The molecule has 0 unspecified atom stereocenters. The van der Waals surface area contributed by atoms with Crippen LogP contribution in [0.2, 0.25) is 0 Å². The lowest BCUT2D eigenvalue weighted by atomic mass is 10.1. The normalized spacial score (nSPS) is 13.9. The molecule has 2 rings (SSSR count). The molecule has 1 saturated carbocycles. The number of carbonyl (C=O) groups excluding carboxylic acids is 2. The zero-order chi connectivity index (χ0) is 15.4. The molecule has 114 valence electrons. The first-order valence-corrected chi connectivity index (χ1v) is 8.40. The second kappa shape index (κ2) is 6.98. The second-order valence-electron chi connectivity index (χ2n) is 5.15. The van der Waals surface area contributed by atoms with Gasteiger partial charge in [-0.25, -0.2) is 0 Å². The summed E-state index contributed by atoms with van der Waals surface area (Å²) in [6, 6.07) is 6.04. The molecule has 0 heterocycles. The molecule has 0 radical (unpaired) electrons. The van der Waals surface area contributed by atoms with Gasteiger partial charge < -0.3 is 9.64 Å². The molecule has 0 spiro atoms. The molecule has 1 aromatic carbocycles. The molecule has 1 aliphatic carbocycles. The fourth-order valence-electron chi connectivity index (χ4n) is 2.21. The summed E-state index contributed by atoms with van der Waals surface area (Å²) < 4.78 is 4.97. The molecule has 5 heteroatoms. The van der Waals surface area contributed by atoms with E-state index >= 15 is 0 Å². The van der Waals surface area contributed by atoms with Gasteiger partial charge in [-0.05, 0) is 50.6 Å². The number of ether oxygens (including phenoxy) is 1. The third-order valence-corrected chi connectivity index (χ3v) is 4.25. The highest BCUT2D eigenvalue weighted by Gasteiger charge is 2.35. The van der Waals surface area contributed by atoms with E-state index < -0.39 is 0 Å². The second-order valence-corrected chi connectivity index (χ2v) is 6.03. The SMILES string of the molecule is CCOC(=O)CN(C(=O)c1cc(SC)ccc1C)C1CC1. The molecule has 0 saturated heterocycles. The van der Waals surface area contributed by atoms with Gasteiger partial charge in [0.2, 0.25) is 0 Å². The molecule has 21 heavy (non-hydrogen) atoms. The van der Waals surface area contributed by atoms with Crippen LogP contribution in [-0.4, -0.2) is 42.2 Å². The Bertz CT molecular complexity index is 540. The summed E-state index contributed by atoms with van der Waals surface area (Å²) >= 11 is 1.60. The number of esters is 1. The van der Waals surface area contributed by atoms with Crippen LogP contribution in [0.4, 0.5) is 0 Å². The van der Waals surface area contributed by atoms with E-state index in [1.165, 1.54) is 0 Å². The van der Waals surface area contributed by atoms with Crippen molar-refractivity contribution in [3.63, 3.8) is 0 Å². The third kappa shape index (κ3) is 4.00. The number of hydrogen-bond acceptors (Lipinski definition) is 4. The average Bonchev–Trinajstić information content (AvgIpc) is 3.29. The van der Waals surface area contributed by atoms with Gasteiger partial charge in [-0.15, -0.1) is 11.8 Å². The molecule has 4 nitrogen and oxygen atoms in total. The van der Waals surface area contributed by atoms with E-state index in [2.05, 4.69) is 0 Å². The molecule has 0 aliphatic heterocycles. The highest BCUT2D eigenvalue weighted by atomic mass is 32.2. The Labute approximate surface area is 129 Å². The van der Waals surface area contributed by atoms with Crippen LogP contribution in [0.1, 0.15) is 35.7 Å².